The number of carbonyl (C=O) groups is 1. The van der Waals surface area contributed by atoms with E-state index in [1.54, 1.807) is 6.26 Å². The molecule has 4 rings (SSSR count). The fraction of sp³-hybridized carbons (Fsp3) is 0.286. The molecule has 26 heavy (non-hydrogen) atoms. The van der Waals surface area contributed by atoms with Gasteiger partial charge in [-0.1, -0.05) is 36.4 Å². The Bertz CT molecular complexity index is 852. The standard InChI is InChI=1S/C21H22N2O2.ClH/c24-21(18-10-5-8-16-7-1-2-9-17(16)18)22-15-19(20-11-6-14-25-20)23-12-3-4-13-23;/h1-2,5-11,14,19H,3-4,12-13,15H2,(H,22,24);1H. The molecule has 1 saturated heterocycles. The lowest BCUT2D eigenvalue weighted by atomic mass is 10.0. The second-order valence-electron chi connectivity index (χ2n) is 6.67. The molecule has 0 radical (unpaired) electrons. The van der Waals surface area contributed by atoms with Gasteiger partial charge < -0.3 is 27.0 Å². The molecule has 1 atom stereocenters. The summed E-state index contributed by atoms with van der Waals surface area (Å²) in [6.45, 7) is 2.86. The van der Waals surface area contributed by atoms with E-state index in [0.717, 1.165) is 35.2 Å². The lowest BCUT2D eigenvalue weighted by Crippen LogP contribution is -3.11. The molecule has 1 unspecified atom stereocenters. The van der Waals surface area contributed by atoms with E-state index in [1.165, 1.54) is 17.7 Å². The molecule has 1 fully saturated rings. The number of hydrogen-bond donors (Lipinski definition) is 2. The van der Waals surface area contributed by atoms with Gasteiger partial charge in [0, 0.05) is 18.4 Å². The van der Waals surface area contributed by atoms with E-state index in [4.69, 9.17) is 4.42 Å². The normalized spacial score (nSPS) is 15.5. The Hall–Kier alpha value is -2.30. The van der Waals surface area contributed by atoms with Crippen LogP contribution in [0.15, 0.2) is 65.3 Å². The Kier molecular flexibility index (Phi) is 5.96. The Labute approximate surface area is 159 Å². The van der Waals surface area contributed by atoms with Crippen LogP contribution in [-0.2, 0) is 0 Å². The summed E-state index contributed by atoms with van der Waals surface area (Å²) in [6, 6.07) is 18.0. The van der Waals surface area contributed by atoms with Gasteiger partial charge in [0.1, 0.15) is 0 Å². The molecule has 3 aromatic rings. The van der Waals surface area contributed by atoms with Gasteiger partial charge in [-0.05, 0) is 29.0 Å². The Balaban J connectivity index is 0.00000196. The molecule has 1 amide bonds. The fourth-order valence-corrected chi connectivity index (χ4v) is 3.83. The molecular formula is C21H23ClN2O2. The smallest absolute Gasteiger partial charge is 0.252 e. The van der Waals surface area contributed by atoms with E-state index in [9.17, 15) is 4.79 Å². The van der Waals surface area contributed by atoms with Crippen LogP contribution in [0, 0.1) is 0 Å². The van der Waals surface area contributed by atoms with Crippen molar-refractivity contribution in [1.82, 2.24) is 5.32 Å². The zero-order valence-corrected chi connectivity index (χ0v) is 15.3. The molecule has 4 nitrogen and oxygen atoms in total. The van der Waals surface area contributed by atoms with Crippen LogP contribution in [0.2, 0.25) is 0 Å². The topological polar surface area (TPSA) is 46.7 Å². The van der Waals surface area contributed by atoms with Crippen molar-refractivity contribution in [1.29, 1.82) is 0 Å². The molecule has 136 valence electrons. The van der Waals surface area contributed by atoms with E-state index >= 15 is 0 Å². The number of nitrogens with one attached hydrogen (secondary N) is 2. The van der Waals surface area contributed by atoms with Gasteiger partial charge in [-0.15, -0.1) is 0 Å². The highest BCUT2D eigenvalue weighted by Crippen LogP contribution is 2.18. The maximum atomic E-state index is 12.8. The van der Waals surface area contributed by atoms with Crippen LogP contribution in [0.3, 0.4) is 0 Å². The fourth-order valence-electron chi connectivity index (χ4n) is 3.83. The maximum absolute atomic E-state index is 12.8. The summed E-state index contributed by atoms with van der Waals surface area (Å²) >= 11 is 0. The molecule has 1 aromatic heterocycles. The van der Waals surface area contributed by atoms with Gasteiger partial charge in [0.25, 0.3) is 5.91 Å². The van der Waals surface area contributed by atoms with Gasteiger partial charge in [-0.25, -0.2) is 0 Å². The van der Waals surface area contributed by atoms with Gasteiger partial charge in [0.05, 0.1) is 25.9 Å². The highest BCUT2D eigenvalue weighted by Gasteiger charge is 2.29. The summed E-state index contributed by atoms with van der Waals surface area (Å²) in [5.74, 6) is 0.932. The number of quaternary nitrogens is 1. The van der Waals surface area contributed by atoms with E-state index in [1.807, 2.05) is 54.6 Å². The lowest BCUT2D eigenvalue weighted by molar-refractivity contribution is -0.919. The molecule has 5 heteroatoms. The van der Waals surface area contributed by atoms with Gasteiger partial charge in [0.15, 0.2) is 11.8 Å². The first-order valence-electron chi connectivity index (χ1n) is 8.97. The minimum atomic E-state index is -0.0213. The van der Waals surface area contributed by atoms with Gasteiger partial charge in [0.2, 0.25) is 0 Å². The number of fused-ring (bicyclic) bond motifs is 1. The third kappa shape index (κ3) is 3.76. The van der Waals surface area contributed by atoms with E-state index in [-0.39, 0.29) is 24.4 Å². The maximum Gasteiger partial charge on any atom is 0.252 e. The summed E-state index contributed by atoms with van der Waals surface area (Å²) < 4.78 is 5.64. The summed E-state index contributed by atoms with van der Waals surface area (Å²) in [4.78, 5) is 14.3. The summed E-state index contributed by atoms with van der Waals surface area (Å²) in [5, 5.41) is 5.21. The molecule has 1 aliphatic rings. The van der Waals surface area contributed by atoms with Crippen LogP contribution >= 0.6 is 0 Å². The number of carbonyl (C=O) groups excluding carboxylic acids is 1. The van der Waals surface area contributed by atoms with Crippen molar-refractivity contribution in [2.45, 2.75) is 18.9 Å². The van der Waals surface area contributed by atoms with Crippen molar-refractivity contribution in [3.05, 3.63) is 72.2 Å². The molecule has 0 saturated carbocycles. The van der Waals surface area contributed by atoms with Crippen molar-refractivity contribution in [2.75, 3.05) is 19.6 Å². The van der Waals surface area contributed by atoms with Crippen molar-refractivity contribution in [2.24, 2.45) is 0 Å². The Morgan fingerprint density at radius 2 is 1.81 bits per heavy atom. The minimum absolute atomic E-state index is 0. The number of rotatable bonds is 5. The molecule has 2 N–H and O–H groups in total. The number of halogens is 1. The van der Waals surface area contributed by atoms with E-state index in [0.29, 0.717) is 6.54 Å². The third-order valence-corrected chi connectivity index (χ3v) is 5.13. The van der Waals surface area contributed by atoms with E-state index in [2.05, 4.69) is 5.32 Å². The van der Waals surface area contributed by atoms with Crippen LogP contribution in [0.25, 0.3) is 10.8 Å². The monoisotopic (exact) mass is 370 g/mol. The van der Waals surface area contributed by atoms with Crippen LogP contribution in [-0.4, -0.2) is 25.5 Å². The van der Waals surface area contributed by atoms with Crippen LogP contribution < -0.4 is 22.6 Å². The first kappa shape index (κ1) is 18.5. The first-order valence-corrected chi connectivity index (χ1v) is 8.97. The predicted molar refractivity (Wildman–Crippen MR) is 97.7 cm³/mol. The second-order valence-corrected chi connectivity index (χ2v) is 6.67. The number of furan rings is 1. The largest absolute Gasteiger partial charge is 1.00 e. The number of benzene rings is 2. The van der Waals surface area contributed by atoms with Gasteiger partial charge >= 0.3 is 0 Å². The molecule has 2 aromatic carbocycles. The minimum Gasteiger partial charge on any atom is -1.00 e. The van der Waals surface area contributed by atoms with Crippen LogP contribution in [0.5, 0.6) is 0 Å². The zero-order valence-electron chi connectivity index (χ0n) is 14.6. The second kappa shape index (κ2) is 8.39. The van der Waals surface area contributed by atoms with Gasteiger partial charge in [-0.3, -0.25) is 4.79 Å². The molecular weight excluding hydrogens is 348 g/mol. The first-order chi connectivity index (χ1) is 12.3. The molecule has 0 spiro atoms. The summed E-state index contributed by atoms with van der Waals surface area (Å²) in [5.41, 5.74) is 0.729. The molecule has 1 aliphatic heterocycles. The lowest BCUT2D eigenvalue weighted by Gasteiger charge is -2.23. The average Bonchev–Trinajstić information content (AvgIpc) is 3.36. The number of hydrogen-bond acceptors (Lipinski definition) is 2. The number of likely N-dealkylation sites (tertiary alicyclic amines) is 1. The third-order valence-electron chi connectivity index (χ3n) is 5.13. The molecule has 0 aliphatic carbocycles. The number of amides is 1. The SMILES string of the molecule is O=C(NCC(c1ccco1)[NH+]1CCCC1)c1cccc2ccccc12.[Cl-]. The van der Waals surface area contributed by atoms with E-state index < -0.39 is 0 Å². The summed E-state index contributed by atoms with van der Waals surface area (Å²) in [6.07, 6.45) is 4.19. The molecule has 2 heterocycles. The predicted octanol–water partition coefficient (Wildman–Crippen LogP) is -0.413. The zero-order chi connectivity index (χ0) is 17.1. The highest BCUT2D eigenvalue weighted by atomic mass is 35.5. The van der Waals surface area contributed by atoms with Crippen molar-refractivity contribution >= 4 is 16.7 Å². The average molecular weight is 371 g/mol. The Morgan fingerprint density at radius 1 is 1.04 bits per heavy atom. The summed E-state index contributed by atoms with van der Waals surface area (Å²) in [7, 11) is 0. The van der Waals surface area contributed by atoms with Crippen LogP contribution in [0.4, 0.5) is 0 Å². The Morgan fingerprint density at radius 3 is 2.58 bits per heavy atom. The van der Waals surface area contributed by atoms with Crippen molar-refractivity contribution in [3.8, 4) is 0 Å². The highest BCUT2D eigenvalue weighted by molar-refractivity contribution is 6.06. The quantitative estimate of drug-likeness (QED) is 0.641. The van der Waals surface area contributed by atoms with Gasteiger partial charge in [-0.2, -0.15) is 0 Å². The van der Waals surface area contributed by atoms with Crippen molar-refractivity contribution in [3.63, 3.8) is 0 Å². The van der Waals surface area contributed by atoms with Crippen LogP contribution in [0.1, 0.15) is 35.0 Å². The molecule has 0 bridgehead atoms. The van der Waals surface area contributed by atoms with Crippen molar-refractivity contribution < 1.29 is 26.5 Å².